The van der Waals surface area contributed by atoms with Crippen LogP contribution in [0.15, 0.2) is 72.0 Å². The minimum Gasteiger partial charge on any atom is -0.319 e. The number of aromatic nitrogens is 2. The smallest absolute Gasteiger partial charge is 0.274 e. The SMILES string of the molecule is CC(C)Cc1ccc(S(=O)(=O)n2ccc(NC(=O)c3ccccn3)c2)cc1. The van der Waals surface area contributed by atoms with E-state index in [4.69, 9.17) is 0 Å². The number of nitrogens with one attached hydrogen (secondary N) is 1. The van der Waals surface area contributed by atoms with Crippen LogP contribution in [0.3, 0.4) is 0 Å². The molecule has 2 aromatic heterocycles. The molecule has 0 aliphatic rings. The Morgan fingerprint density at radius 2 is 1.85 bits per heavy atom. The van der Waals surface area contributed by atoms with Gasteiger partial charge in [-0.2, -0.15) is 0 Å². The van der Waals surface area contributed by atoms with E-state index in [9.17, 15) is 13.2 Å². The lowest BCUT2D eigenvalue weighted by Crippen LogP contribution is -2.14. The van der Waals surface area contributed by atoms with Gasteiger partial charge in [0, 0.05) is 18.6 Å². The second-order valence-corrected chi connectivity index (χ2v) is 8.49. The Labute approximate surface area is 158 Å². The summed E-state index contributed by atoms with van der Waals surface area (Å²) in [6.07, 6.45) is 5.20. The maximum atomic E-state index is 12.8. The molecule has 3 aromatic rings. The average Bonchev–Trinajstić information content (AvgIpc) is 3.12. The van der Waals surface area contributed by atoms with E-state index in [1.54, 1.807) is 30.3 Å². The van der Waals surface area contributed by atoms with Gasteiger partial charge in [-0.15, -0.1) is 0 Å². The zero-order valence-electron chi connectivity index (χ0n) is 15.2. The molecular weight excluding hydrogens is 362 g/mol. The number of carbonyl (C=O) groups is 1. The van der Waals surface area contributed by atoms with E-state index in [2.05, 4.69) is 24.1 Å². The topological polar surface area (TPSA) is 81.1 Å². The first-order chi connectivity index (χ1) is 12.9. The second-order valence-electron chi connectivity index (χ2n) is 6.65. The summed E-state index contributed by atoms with van der Waals surface area (Å²) in [4.78, 5) is 16.3. The minimum atomic E-state index is -3.71. The van der Waals surface area contributed by atoms with Gasteiger partial charge < -0.3 is 5.32 Å². The number of carbonyl (C=O) groups excluding carboxylic acids is 1. The van der Waals surface area contributed by atoms with Gasteiger partial charge in [-0.05, 0) is 48.2 Å². The van der Waals surface area contributed by atoms with Crippen LogP contribution >= 0.6 is 0 Å². The summed E-state index contributed by atoms with van der Waals surface area (Å²) < 4.78 is 26.6. The molecule has 0 saturated carbocycles. The van der Waals surface area contributed by atoms with E-state index in [0.29, 0.717) is 11.6 Å². The predicted molar refractivity (Wildman–Crippen MR) is 104 cm³/mol. The largest absolute Gasteiger partial charge is 0.319 e. The third kappa shape index (κ3) is 4.43. The van der Waals surface area contributed by atoms with E-state index < -0.39 is 15.9 Å². The molecule has 0 spiro atoms. The Balaban J connectivity index is 1.77. The highest BCUT2D eigenvalue weighted by atomic mass is 32.2. The summed E-state index contributed by atoms with van der Waals surface area (Å²) in [5.74, 6) is 0.103. The zero-order valence-corrected chi connectivity index (χ0v) is 16.0. The molecule has 0 atom stereocenters. The van der Waals surface area contributed by atoms with Crippen molar-refractivity contribution in [1.82, 2.24) is 8.96 Å². The van der Waals surface area contributed by atoms with E-state index in [-0.39, 0.29) is 10.6 Å². The molecule has 1 aromatic carbocycles. The second kappa shape index (κ2) is 7.75. The summed E-state index contributed by atoms with van der Waals surface area (Å²) in [7, 11) is -3.71. The molecule has 0 radical (unpaired) electrons. The summed E-state index contributed by atoms with van der Waals surface area (Å²) in [6, 6.07) is 13.4. The number of hydrogen-bond acceptors (Lipinski definition) is 4. The van der Waals surface area contributed by atoms with Crippen LogP contribution in [0, 0.1) is 5.92 Å². The van der Waals surface area contributed by atoms with Gasteiger partial charge in [0.25, 0.3) is 15.9 Å². The average molecular weight is 383 g/mol. The first kappa shape index (κ1) is 18.8. The highest BCUT2D eigenvalue weighted by Crippen LogP contribution is 2.19. The van der Waals surface area contributed by atoms with Gasteiger partial charge in [0.2, 0.25) is 0 Å². The predicted octanol–water partition coefficient (Wildman–Crippen LogP) is 3.57. The van der Waals surface area contributed by atoms with Crippen LogP contribution in [0.4, 0.5) is 5.69 Å². The summed E-state index contributed by atoms with van der Waals surface area (Å²) >= 11 is 0. The summed E-state index contributed by atoms with van der Waals surface area (Å²) in [5, 5.41) is 2.65. The lowest BCUT2D eigenvalue weighted by atomic mass is 10.0. The third-order valence-electron chi connectivity index (χ3n) is 3.97. The number of hydrogen-bond donors (Lipinski definition) is 1. The zero-order chi connectivity index (χ0) is 19.4. The molecule has 140 valence electrons. The van der Waals surface area contributed by atoms with Crippen LogP contribution in [0.2, 0.25) is 0 Å². The highest BCUT2D eigenvalue weighted by molar-refractivity contribution is 7.90. The van der Waals surface area contributed by atoms with Crippen LogP contribution in [0.25, 0.3) is 0 Å². The molecule has 1 amide bonds. The van der Waals surface area contributed by atoms with Crippen molar-refractivity contribution in [2.45, 2.75) is 25.2 Å². The molecule has 0 bridgehead atoms. The van der Waals surface area contributed by atoms with Gasteiger partial charge in [0.05, 0.1) is 10.6 Å². The minimum absolute atomic E-state index is 0.202. The molecule has 3 rings (SSSR count). The van der Waals surface area contributed by atoms with Gasteiger partial charge in [-0.25, -0.2) is 12.4 Å². The Morgan fingerprint density at radius 3 is 2.48 bits per heavy atom. The van der Waals surface area contributed by atoms with Crippen molar-refractivity contribution < 1.29 is 13.2 Å². The summed E-state index contributed by atoms with van der Waals surface area (Å²) in [6.45, 7) is 4.23. The molecule has 0 fully saturated rings. The first-order valence-corrected chi connectivity index (χ1v) is 10.0. The normalized spacial score (nSPS) is 11.5. The van der Waals surface area contributed by atoms with Crippen LogP contribution in [-0.4, -0.2) is 23.3 Å². The lowest BCUT2D eigenvalue weighted by molar-refractivity contribution is 0.102. The molecular formula is C20H21N3O3S. The molecule has 2 heterocycles. The molecule has 6 nitrogen and oxygen atoms in total. The Bertz CT molecular complexity index is 1020. The van der Waals surface area contributed by atoms with Crippen LogP contribution in [0.1, 0.15) is 29.9 Å². The van der Waals surface area contributed by atoms with Crippen LogP contribution < -0.4 is 5.32 Å². The van der Waals surface area contributed by atoms with Crippen molar-refractivity contribution in [3.05, 3.63) is 78.4 Å². The van der Waals surface area contributed by atoms with Crippen molar-refractivity contribution in [3.8, 4) is 0 Å². The fourth-order valence-electron chi connectivity index (χ4n) is 2.68. The standard InChI is InChI=1S/C20H21N3O3S/c1-15(2)13-16-6-8-18(9-7-16)27(25,26)23-12-10-17(14-23)22-20(24)19-5-3-4-11-21-19/h3-12,14-15H,13H2,1-2H3,(H,22,24). The third-order valence-corrected chi connectivity index (χ3v) is 5.62. The van der Waals surface area contributed by atoms with Crippen molar-refractivity contribution in [3.63, 3.8) is 0 Å². The maximum absolute atomic E-state index is 12.8. The molecule has 7 heteroatoms. The van der Waals surface area contributed by atoms with Crippen molar-refractivity contribution in [1.29, 1.82) is 0 Å². The Hall–Kier alpha value is -2.93. The van der Waals surface area contributed by atoms with Crippen molar-refractivity contribution in [2.24, 2.45) is 5.92 Å². The number of pyridine rings is 1. The Kier molecular flexibility index (Phi) is 5.41. The van der Waals surface area contributed by atoms with Gasteiger partial charge in [0.1, 0.15) is 5.69 Å². The van der Waals surface area contributed by atoms with Crippen molar-refractivity contribution in [2.75, 3.05) is 5.32 Å². The Morgan fingerprint density at radius 1 is 1.11 bits per heavy atom. The molecule has 0 unspecified atom stereocenters. The van der Waals surface area contributed by atoms with Gasteiger partial charge in [-0.1, -0.05) is 32.0 Å². The van der Waals surface area contributed by atoms with E-state index in [0.717, 1.165) is 16.0 Å². The number of rotatable bonds is 6. The van der Waals surface area contributed by atoms with Gasteiger partial charge in [-0.3, -0.25) is 9.78 Å². The van der Waals surface area contributed by atoms with Crippen LogP contribution in [0.5, 0.6) is 0 Å². The van der Waals surface area contributed by atoms with E-state index >= 15 is 0 Å². The summed E-state index contributed by atoms with van der Waals surface area (Å²) in [5.41, 5.74) is 1.74. The molecule has 0 aliphatic carbocycles. The number of anilines is 1. The van der Waals surface area contributed by atoms with Gasteiger partial charge >= 0.3 is 0 Å². The molecule has 27 heavy (non-hydrogen) atoms. The number of benzene rings is 1. The fraction of sp³-hybridized carbons (Fsp3) is 0.200. The highest BCUT2D eigenvalue weighted by Gasteiger charge is 2.17. The quantitative estimate of drug-likeness (QED) is 0.705. The van der Waals surface area contributed by atoms with Crippen LogP contribution in [-0.2, 0) is 16.4 Å². The monoisotopic (exact) mass is 383 g/mol. The van der Waals surface area contributed by atoms with Gasteiger partial charge in [0.15, 0.2) is 0 Å². The maximum Gasteiger partial charge on any atom is 0.274 e. The number of nitrogens with zero attached hydrogens (tertiary/aromatic N) is 2. The fourth-order valence-corrected chi connectivity index (χ4v) is 3.88. The molecule has 0 aliphatic heterocycles. The van der Waals surface area contributed by atoms with Crippen molar-refractivity contribution >= 4 is 21.6 Å². The van der Waals surface area contributed by atoms with E-state index in [1.165, 1.54) is 24.7 Å². The molecule has 1 N–H and O–H groups in total. The molecule has 0 saturated heterocycles. The first-order valence-electron chi connectivity index (χ1n) is 8.61. The number of amides is 1. The lowest BCUT2D eigenvalue weighted by Gasteiger charge is -2.08. The van der Waals surface area contributed by atoms with E-state index in [1.807, 2.05) is 12.1 Å².